The number of benzene rings is 1. The molecule has 2 heterocycles. The lowest BCUT2D eigenvalue weighted by Gasteiger charge is -2.26. The van der Waals surface area contributed by atoms with Crippen molar-refractivity contribution in [3.05, 3.63) is 58.9 Å². The predicted octanol–water partition coefficient (Wildman–Crippen LogP) is 3.76. The highest BCUT2D eigenvalue weighted by molar-refractivity contribution is 5.93. The average Bonchev–Trinajstić information content (AvgIpc) is 3.33. The second-order valence-corrected chi connectivity index (χ2v) is 8.87. The highest BCUT2D eigenvalue weighted by Crippen LogP contribution is 2.31. The van der Waals surface area contributed by atoms with Crippen LogP contribution >= 0.6 is 0 Å². The van der Waals surface area contributed by atoms with Crippen molar-refractivity contribution < 1.29 is 14.4 Å². The van der Waals surface area contributed by atoms with Crippen molar-refractivity contribution in [2.45, 2.75) is 52.6 Å². The van der Waals surface area contributed by atoms with Crippen LogP contribution in [0.4, 0.5) is 5.69 Å². The topological polar surface area (TPSA) is 129 Å². The Hall–Kier alpha value is -3.61. The molecule has 3 aromatic rings. The quantitative estimate of drug-likeness (QED) is 0.300. The van der Waals surface area contributed by atoms with E-state index in [1.807, 2.05) is 33.8 Å². The van der Waals surface area contributed by atoms with E-state index in [1.165, 1.54) is 0 Å². The Morgan fingerprint density at radius 2 is 2.00 bits per heavy atom. The first-order valence-corrected chi connectivity index (χ1v) is 11.8. The van der Waals surface area contributed by atoms with Gasteiger partial charge in [-0.15, -0.1) is 0 Å². The minimum atomic E-state index is -0.810. The summed E-state index contributed by atoms with van der Waals surface area (Å²) in [7, 11) is 0. The molecule has 0 spiro atoms. The van der Waals surface area contributed by atoms with Crippen molar-refractivity contribution in [3.8, 4) is 11.8 Å². The van der Waals surface area contributed by atoms with Gasteiger partial charge in [-0.2, -0.15) is 10.4 Å². The van der Waals surface area contributed by atoms with Gasteiger partial charge < -0.3 is 15.8 Å². The molecule has 1 aromatic carbocycles. The van der Waals surface area contributed by atoms with Crippen molar-refractivity contribution in [3.63, 3.8) is 0 Å². The average molecular weight is 478 g/mol. The van der Waals surface area contributed by atoms with Gasteiger partial charge in [0.15, 0.2) is 0 Å². The Bertz CT molecular complexity index is 1190. The second-order valence-electron chi connectivity index (χ2n) is 8.87. The predicted molar refractivity (Wildman–Crippen MR) is 134 cm³/mol. The lowest BCUT2D eigenvalue weighted by Crippen LogP contribution is -2.34. The van der Waals surface area contributed by atoms with Crippen LogP contribution in [0.3, 0.4) is 0 Å². The number of pyridine rings is 1. The Morgan fingerprint density at radius 3 is 2.66 bits per heavy atom. The number of carbonyl (C=O) groups excluding carboxylic acids is 1. The van der Waals surface area contributed by atoms with E-state index in [0.717, 1.165) is 29.8 Å². The Morgan fingerprint density at radius 1 is 1.26 bits per heavy atom. The van der Waals surface area contributed by atoms with Crippen LogP contribution in [0.15, 0.2) is 36.5 Å². The number of anilines is 1. The van der Waals surface area contributed by atoms with Gasteiger partial charge in [0, 0.05) is 18.5 Å². The molecule has 35 heavy (non-hydrogen) atoms. The summed E-state index contributed by atoms with van der Waals surface area (Å²) in [4.78, 5) is 18.3. The summed E-state index contributed by atoms with van der Waals surface area (Å²) in [5, 5.41) is 17.7. The third-order valence-electron chi connectivity index (χ3n) is 5.64. The molecular weight excluding hydrogens is 444 g/mol. The number of nitrogens with one attached hydrogen (secondary N) is 1. The molecule has 0 fully saturated rings. The number of hydrogen-bond acceptors (Lipinski definition) is 7. The summed E-state index contributed by atoms with van der Waals surface area (Å²) >= 11 is 0. The number of nitriles is 1. The normalized spacial score (nSPS) is 11.3. The van der Waals surface area contributed by atoms with Crippen LogP contribution in [-0.4, -0.2) is 40.8 Å². The van der Waals surface area contributed by atoms with Crippen molar-refractivity contribution in [1.29, 1.82) is 5.26 Å². The molecule has 2 aromatic heterocycles. The first-order valence-electron chi connectivity index (χ1n) is 11.8. The Labute approximate surface area is 206 Å². The standard InChI is InChI=1S/C26H33N6O3/c1-5-34-20-10-8-19(9-11-20)25(33)31-35-26(3,4)16-23-18(2)24(29-14-7-6-13-27)21(17-28)22-12-15-30-32(22)23/h8-12,15,29H,5-7,13-14,16,27H2,1-4H3. The van der Waals surface area contributed by atoms with Crippen LogP contribution in [0.5, 0.6) is 5.75 Å². The van der Waals surface area contributed by atoms with Gasteiger partial charge in [0.05, 0.1) is 35.3 Å². The van der Waals surface area contributed by atoms with Crippen LogP contribution in [0.2, 0.25) is 0 Å². The fourth-order valence-corrected chi connectivity index (χ4v) is 3.86. The molecule has 9 nitrogen and oxygen atoms in total. The van der Waals surface area contributed by atoms with Crippen LogP contribution < -0.4 is 21.3 Å². The zero-order valence-corrected chi connectivity index (χ0v) is 20.8. The number of carbonyl (C=O) groups is 1. The van der Waals surface area contributed by atoms with E-state index in [2.05, 4.69) is 22.0 Å². The number of hydrogen-bond donors (Lipinski definition) is 2. The molecule has 3 N–H and O–H groups in total. The number of nitrogens with two attached hydrogens (primary N) is 1. The minimum absolute atomic E-state index is 0.414. The fourth-order valence-electron chi connectivity index (χ4n) is 3.86. The maximum absolute atomic E-state index is 12.6. The van der Waals surface area contributed by atoms with Gasteiger partial charge in [-0.25, -0.2) is 9.35 Å². The zero-order valence-electron chi connectivity index (χ0n) is 20.8. The first-order chi connectivity index (χ1) is 16.8. The smallest absolute Gasteiger partial charge is 0.299 e. The van der Waals surface area contributed by atoms with Gasteiger partial charge >= 0.3 is 0 Å². The van der Waals surface area contributed by atoms with Crippen LogP contribution in [0.25, 0.3) is 5.52 Å². The Balaban J connectivity index is 1.79. The minimum Gasteiger partial charge on any atom is -0.494 e. The van der Waals surface area contributed by atoms with Gasteiger partial charge in [-0.05, 0) is 83.0 Å². The third kappa shape index (κ3) is 6.29. The van der Waals surface area contributed by atoms with Gasteiger partial charge in [0.25, 0.3) is 5.91 Å². The summed E-state index contributed by atoms with van der Waals surface area (Å²) in [5.41, 5.74) is 12.9. The van der Waals surface area contributed by atoms with E-state index >= 15 is 0 Å². The summed E-state index contributed by atoms with van der Waals surface area (Å²) in [6, 6.07) is 10.9. The number of aromatic nitrogens is 2. The maximum atomic E-state index is 12.6. The maximum Gasteiger partial charge on any atom is 0.299 e. The molecular formula is C26H33N6O3. The third-order valence-corrected chi connectivity index (χ3v) is 5.64. The first kappa shape index (κ1) is 26.0. The second kappa shape index (κ2) is 11.7. The number of amides is 1. The number of rotatable bonds is 12. The van der Waals surface area contributed by atoms with Crippen molar-refractivity contribution in [2.75, 3.05) is 25.0 Å². The van der Waals surface area contributed by atoms with Crippen LogP contribution in [0.1, 0.15) is 60.8 Å². The van der Waals surface area contributed by atoms with E-state index in [1.54, 1.807) is 35.0 Å². The van der Waals surface area contributed by atoms with Crippen molar-refractivity contribution in [1.82, 2.24) is 15.1 Å². The number of fused-ring (bicyclic) bond motifs is 1. The zero-order chi connectivity index (χ0) is 25.4. The van der Waals surface area contributed by atoms with Gasteiger partial charge in [-0.3, -0.25) is 4.79 Å². The summed E-state index contributed by atoms with van der Waals surface area (Å²) in [6.07, 6.45) is 3.90. The van der Waals surface area contributed by atoms with E-state index in [9.17, 15) is 10.1 Å². The van der Waals surface area contributed by atoms with Gasteiger partial charge in [0.2, 0.25) is 0 Å². The molecule has 0 bridgehead atoms. The SMILES string of the molecule is CCOc1ccc(C(=O)[N]OC(C)(C)Cc2c(C)c(NCCCCN)c(C#N)c3ccnn23)cc1. The van der Waals surface area contributed by atoms with Gasteiger partial charge in [-0.1, -0.05) is 5.48 Å². The molecule has 0 aliphatic carbocycles. The van der Waals surface area contributed by atoms with Crippen LogP contribution in [0, 0.1) is 18.3 Å². The van der Waals surface area contributed by atoms with E-state index in [0.29, 0.717) is 48.5 Å². The molecule has 0 saturated heterocycles. The number of unbranched alkanes of at least 4 members (excludes halogenated alkanes) is 1. The number of hydroxylamine groups is 1. The fraction of sp³-hybridized carbons (Fsp3) is 0.423. The molecule has 9 heteroatoms. The number of ether oxygens (including phenoxy) is 1. The van der Waals surface area contributed by atoms with Gasteiger partial charge in [0.1, 0.15) is 17.4 Å². The number of nitrogens with zero attached hydrogens (tertiary/aromatic N) is 4. The molecule has 0 atom stereocenters. The molecule has 0 unspecified atom stereocenters. The van der Waals surface area contributed by atoms with E-state index in [4.69, 9.17) is 15.3 Å². The molecule has 1 amide bonds. The molecule has 1 radical (unpaired) electrons. The summed E-state index contributed by atoms with van der Waals surface area (Å²) < 4.78 is 7.17. The lowest BCUT2D eigenvalue weighted by molar-refractivity contribution is -0.0756. The largest absolute Gasteiger partial charge is 0.494 e. The molecule has 185 valence electrons. The Kier molecular flexibility index (Phi) is 8.68. The molecule has 0 saturated carbocycles. The van der Waals surface area contributed by atoms with E-state index in [-0.39, 0.29) is 0 Å². The molecule has 3 rings (SSSR count). The summed E-state index contributed by atoms with van der Waals surface area (Å²) in [5.74, 6) is 0.224. The molecule has 0 aliphatic heterocycles. The summed E-state index contributed by atoms with van der Waals surface area (Å²) in [6.45, 7) is 9.48. The van der Waals surface area contributed by atoms with E-state index < -0.39 is 11.5 Å². The molecule has 0 aliphatic rings. The van der Waals surface area contributed by atoms with Crippen molar-refractivity contribution in [2.24, 2.45) is 5.73 Å². The van der Waals surface area contributed by atoms with Crippen LogP contribution in [-0.2, 0) is 11.3 Å². The van der Waals surface area contributed by atoms with Crippen molar-refractivity contribution >= 4 is 17.1 Å². The lowest BCUT2D eigenvalue weighted by atomic mass is 9.96. The monoisotopic (exact) mass is 477 g/mol. The highest BCUT2D eigenvalue weighted by Gasteiger charge is 2.27. The highest BCUT2D eigenvalue weighted by atomic mass is 16.7.